The van der Waals surface area contributed by atoms with Crippen LogP contribution in [-0.4, -0.2) is 29.1 Å². The molecule has 0 aliphatic rings. The SMILES string of the molecule is COC(=O)c1cc2cc(CCc3cc(NC(=O)Nc4cccc(C(F)(F)F)c4)ccc3C)cnc2[nH]1. The number of hydrogen-bond donors (Lipinski definition) is 3. The van der Waals surface area contributed by atoms with Gasteiger partial charge >= 0.3 is 18.2 Å². The summed E-state index contributed by atoms with van der Waals surface area (Å²) >= 11 is 0. The van der Waals surface area contributed by atoms with Crippen molar-refractivity contribution < 1.29 is 27.5 Å². The number of H-pyrrole nitrogens is 1. The van der Waals surface area contributed by atoms with Crippen LogP contribution in [0.5, 0.6) is 0 Å². The second kappa shape index (κ2) is 10.1. The number of benzene rings is 2. The van der Waals surface area contributed by atoms with Crippen LogP contribution < -0.4 is 10.6 Å². The van der Waals surface area contributed by atoms with Gasteiger partial charge in [-0.25, -0.2) is 14.6 Å². The number of aromatic amines is 1. The number of carbonyl (C=O) groups is 2. The fraction of sp³-hybridized carbons (Fsp3) is 0.192. The van der Waals surface area contributed by atoms with E-state index in [1.54, 1.807) is 18.3 Å². The number of aromatic nitrogens is 2. The van der Waals surface area contributed by atoms with Gasteiger partial charge in [-0.3, -0.25) is 0 Å². The van der Waals surface area contributed by atoms with Crippen molar-refractivity contribution in [3.05, 3.63) is 88.7 Å². The second-order valence-corrected chi connectivity index (χ2v) is 8.25. The van der Waals surface area contributed by atoms with Crippen molar-refractivity contribution in [2.75, 3.05) is 17.7 Å². The van der Waals surface area contributed by atoms with Gasteiger partial charge in [0.1, 0.15) is 11.3 Å². The monoisotopic (exact) mass is 496 g/mol. The number of nitrogens with one attached hydrogen (secondary N) is 3. The number of urea groups is 1. The first-order chi connectivity index (χ1) is 17.1. The Hall–Kier alpha value is -4.34. The van der Waals surface area contributed by atoms with E-state index in [-0.39, 0.29) is 5.69 Å². The minimum Gasteiger partial charge on any atom is -0.464 e. The van der Waals surface area contributed by atoms with E-state index < -0.39 is 23.7 Å². The highest BCUT2D eigenvalue weighted by molar-refractivity contribution is 5.99. The largest absolute Gasteiger partial charge is 0.464 e. The van der Waals surface area contributed by atoms with Crippen molar-refractivity contribution in [1.29, 1.82) is 0 Å². The van der Waals surface area contributed by atoms with Crippen molar-refractivity contribution in [1.82, 2.24) is 9.97 Å². The molecule has 0 saturated carbocycles. The highest BCUT2D eigenvalue weighted by atomic mass is 19.4. The molecule has 4 rings (SSSR count). The molecular weight excluding hydrogens is 473 g/mol. The third kappa shape index (κ3) is 5.83. The van der Waals surface area contributed by atoms with Crippen molar-refractivity contribution in [3.8, 4) is 0 Å². The summed E-state index contributed by atoms with van der Waals surface area (Å²) in [6.45, 7) is 1.96. The van der Waals surface area contributed by atoms with Crippen molar-refractivity contribution in [2.24, 2.45) is 0 Å². The van der Waals surface area contributed by atoms with Crippen LogP contribution in [0.4, 0.5) is 29.3 Å². The first-order valence-corrected chi connectivity index (χ1v) is 11.0. The molecule has 0 fully saturated rings. The summed E-state index contributed by atoms with van der Waals surface area (Å²) in [7, 11) is 1.31. The summed E-state index contributed by atoms with van der Waals surface area (Å²) < 4.78 is 43.4. The van der Waals surface area contributed by atoms with Crippen LogP contribution in [0.2, 0.25) is 0 Å². The molecule has 2 aromatic carbocycles. The molecule has 2 amide bonds. The van der Waals surface area contributed by atoms with Gasteiger partial charge in [-0.05, 0) is 78.9 Å². The Morgan fingerprint density at radius 3 is 2.47 bits per heavy atom. The number of ether oxygens (including phenoxy) is 1. The van der Waals surface area contributed by atoms with Crippen LogP contribution >= 0.6 is 0 Å². The number of amides is 2. The van der Waals surface area contributed by atoms with Gasteiger partial charge in [-0.1, -0.05) is 12.1 Å². The molecule has 2 aromatic heterocycles. The number of halogens is 3. The number of aryl methyl sites for hydroxylation is 3. The summed E-state index contributed by atoms with van der Waals surface area (Å²) in [5, 5.41) is 5.90. The number of rotatable bonds is 6. The molecular formula is C26H23F3N4O3. The fourth-order valence-corrected chi connectivity index (χ4v) is 3.78. The fourth-order valence-electron chi connectivity index (χ4n) is 3.78. The van der Waals surface area contributed by atoms with E-state index >= 15 is 0 Å². The highest BCUT2D eigenvalue weighted by Crippen LogP contribution is 2.30. The predicted molar refractivity (Wildman–Crippen MR) is 130 cm³/mol. The lowest BCUT2D eigenvalue weighted by Gasteiger charge is -2.12. The number of anilines is 2. The lowest BCUT2D eigenvalue weighted by molar-refractivity contribution is -0.137. The molecule has 2 heterocycles. The smallest absolute Gasteiger partial charge is 0.416 e. The third-order valence-electron chi connectivity index (χ3n) is 5.67. The van der Waals surface area contributed by atoms with E-state index in [9.17, 15) is 22.8 Å². The molecule has 0 atom stereocenters. The summed E-state index contributed by atoms with van der Waals surface area (Å²) in [6, 6.07) is 12.9. The van der Waals surface area contributed by atoms with E-state index in [0.29, 0.717) is 29.9 Å². The van der Waals surface area contributed by atoms with Crippen LogP contribution in [0.3, 0.4) is 0 Å². The Morgan fingerprint density at radius 2 is 1.75 bits per heavy atom. The molecule has 0 spiro atoms. The Morgan fingerprint density at radius 1 is 1.00 bits per heavy atom. The number of methoxy groups -OCH3 is 1. The minimum atomic E-state index is -4.50. The molecule has 186 valence electrons. The van der Waals surface area contributed by atoms with Crippen molar-refractivity contribution in [3.63, 3.8) is 0 Å². The first-order valence-electron chi connectivity index (χ1n) is 11.0. The van der Waals surface area contributed by atoms with E-state index in [2.05, 4.69) is 20.6 Å². The minimum absolute atomic E-state index is 0.0395. The van der Waals surface area contributed by atoms with Gasteiger partial charge < -0.3 is 20.4 Å². The van der Waals surface area contributed by atoms with Gasteiger partial charge in [-0.15, -0.1) is 0 Å². The molecule has 0 bridgehead atoms. The van der Waals surface area contributed by atoms with Gasteiger partial charge in [0.15, 0.2) is 0 Å². The van der Waals surface area contributed by atoms with E-state index in [4.69, 9.17) is 4.74 Å². The number of hydrogen-bond acceptors (Lipinski definition) is 4. The van der Waals surface area contributed by atoms with E-state index in [0.717, 1.165) is 34.2 Å². The zero-order valence-electron chi connectivity index (χ0n) is 19.5. The second-order valence-electron chi connectivity index (χ2n) is 8.25. The summed E-state index contributed by atoms with van der Waals surface area (Å²) in [5.41, 5.74) is 3.63. The molecule has 0 radical (unpaired) electrons. The van der Waals surface area contributed by atoms with Crippen molar-refractivity contribution >= 4 is 34.4 Å². The lowest BCUT2D eigenvalue weighted by Crippen LogP contribution is -2.20. The first kappa shape index (κ1) is 24.8. The van der Waals surface area contributed by atoms with Gasteiger partial charge in [0.25, 0.3) is 0 Å². The molecule has 0 unspecified atom stereocenters. The molecule has 0 aliphatic heterocycles. The summed E-state index contributed by atoms with van der Waals surface area (Å²) in [6.07, 6.45) is -1.43. The average molecular weight is 496 g/mol. The Labute approximate surface area is 204 Å². The van der Waals surface area contributed by atoms with Crippen LogP contribution in [0, 0.1) is 6.92 Å². The average Bonchev–Trinajstić information content (AvgIpc) is 3.27. The standard InChI is InChI=1S/C26H23F3N4O3/c1-15-6-9-21(32-25(35)31-20-5-3-4-19(13-20)26(27,28)29)11-17(15)8-7-16-10-18-12-22(24(34)36-2)33-23(18)30-14-16/h3-6,9-14H,7-8H2,1-2H3,(H,30,33)(H2,31,32,35). The Kier molecular flexibility index (Phi) is 6.96. The van der Waals surface area contributed by atoms with Gasteiger partial charge in [0.05, 0.1) is 12.7 Å². The van der Waals surface area contributed by atoms with E-state index in [1.165, 1.54) is 19.2 Å². The zero-order chi connectivity index (χ0) is 25.9. The number of pyridine rings is 1. The summed E-state index contributed by atoms with van der Waals surface area (Å²) in [4.78, 5) is 31.4. The van der Waals surface area contributed by atoms with Crippen LogP contribution in [-0.2, 0) is 23.8 Å². The highest BCUT2D eigenvalue weighted by Gasteiger charge is 2.30. The van der Waals surface area contributed by atoms with Gasteiger partial charge in [0.2, 0.25) is 0 Å². The normalized spacial score (nSPS) is 11.4. The number of carbonyl (C=O) groups excluding carboxylic acids is 2. The lowest BCUT2D eigenvalue weighted by atomic mass is 10.0. The van der Waals surface area contributed by atoms with E-state index in [1.807, 2.05) is 25.1 Å². The molecule has 3 N–H and O–H groups in total. The maximum atomic E-state index is 12.9. The molecule has 36 heavy (non-hydrogen) atoms. The number of alkyl halides is 3. The number of nitrogens with zero attached hydrogens (tertiary/aromatic N) is 1. The number of fused-ring (bicyclic) bond motifs is 1. The molecule has 4 aromatic rings. The Bertz CT molecular complexity index is 1430. The summed E-state index contributed by atoms with van der Waals surface area (Å²) in [5.74, 6) is -0.466. The van der Waals surface area contributed by atoms with Crippen LogP contribution in [0.15, 0.2) is 60.8 Å². The predicted octanol–water partition coefficient (Wildman–Crippen LogP) is 6.11. The maximum Gasteiger partial charge on any atom is 0.416 e. The Balaban J connectivity index is 1.41. The molecule has 10 heteroatoms. The molecule has 7 nitrogen and oxygen atoms in total. The van der Waals surface area contributed by atoms with Gasteiger partial charge in [-0.2, -0.15) is 13.2 Å². The third-order valence-corrected chi connectivity index (χ3v) is 5.67. The quantitative estimate of drug-likeness (QED) is 0.281. The molecule has 0 aliphatic carbocycles. The van der Waals surface area contributed by atoms with Crippen molar-refractivity contribution in [2.45, 2.75) is 25.9 Å². The van der Waals surface area contributed by atoms with Gasteiger partial charge in [0, 0.05) is 23.0 Å². The topological polar surface area (TPSA) is 96.1 Å². The molecule has 0 saturated heterocycles. The number of esters is 1. The maximum absolute atomic E-state index is 12.9. The van der Waals surface area contributed by atoms with Crippen LogP contribution in [0.25, 0.3) is 11.0 Å². The van der Waals surface area contributed by atoms with Crippen LogP contribution in [0.1, 0.15) is 32.7 Å². The zero-order valence-corrected chi connectivity index (χ0v) is 19.5.